The molecule has 1 aliphatic rings. The van der Waals surface area contributed by atoms with Crippen LogP contribution in [0.5, 0.6) is 11.5 Å². The van der Waals surface area contributed by atoms with Crippen LogP contribution in [0.15, 0.2) is 42.2 Å². The lowest BCUT2D eigenvalue weighted by atomic mass is 10.1. The molecule has 0 saturated heterocycles. The maximum absolute atomic E-state index is 12.4. The molecule has 1 heterocycles. The van der Waals surface area contributed by atoms with E-state index >= 15 is 0 Å². The molecule has 0 radical (unpaired) electrons. The lowest BCUT2D eigenvalue weighted by Gasteiger charge is -2.07. The summed E-state index contributed by atoms with van der Waals surface area (Å²) in [5.41, 5.74) is 2.20. The Bertz CT molecular complexity index is 763. The minimum Gasteiger partial charge on any atom is -0.496 e. The molecule has 2 aromatic rings. The van der Waals surface area contributed by atoms with Crippen molar-refractivity contribution >= 4 is 23.5 Å². The van der Waals surface area contributed by atoms with Crippen LogP contribution in [0.2, 0.25) is 5.02 Å². The fraction of sp³-hybridized carbons (Fsp3) is 0.118. The van der Waals surface area contributed by atoms with Crippen molar-refractivity contribution in [3.8, 4) is 11.5 Å². The smallest absolute Gasteiger partial charge is 0.231 e. The lowest BCUT2D eigenvalue weighted by Crippen LogP contribution is -1.97. The third kappa shape index (κ3) is 2.41. The van der Waals surface area contributed by atoms with Crippen molar-refractivity contribution in [3.05, 3.63) is 63.9 Å². The molecule has 0 aliphatic carbocycles. The maximum Gasteiger partial charge on any atom is 0.231 e. The van der Waals surface area contributed by atoms with Gasteiger partial charge in [0.1, 0.15) is 11.5 Å². The summed E-state index contributed by atoms with van der Waals surface area (Å²) in [7, 11) is 1.59. The minimum absolute atomic E-state index is 0.129. The van der Waals surface area contributed by atoms with Crippen LogP contribution in [0.25, 0.3) is 6.08 Å². The fourth-order valence-corrected chi connectivity index (χ4v) is 2.54. The van der Waals surface area contributed by atoms with Gasteiger partial charge in [0.25, 0.3) is 0 Å². The van der Waals surface area contributed by atoms with Crippen molar-refractivity contribution in [2.75, 3.05) is 7.11 Å². The lowest BCUT2D eigenvalue weighted by molar-refractivity contribution is 0.101. The molecule has 106 valence electrons. The summed E-state index contributed by atoms with van der Waals surface area (Å²) in [4.78, 5) is 12.4. The number of methoxy groups -OCH3 is 1. The first-order chi connectivity index (χ1) is 10.1. The highest BCUT2D eigenvalue weighted by molar-refractivity contribution is 6.30. The molecule has 1 aliphatic heterocycles. The molecule has 0 N–H and O–H groups in total. The standard InChI is InChI=1S/C17H13ClO3/c1-10-14(20-2)7-6-13-16(19)15(21-17(10)13)9-11-4-3-5-12(18)8-11/h3-9H,1-2H3/b15-9-. The van der Waals surface area contributed by atoms with Gasteiger partial charge in [0.15, 0.2) is 5.76 Å². The van der Waals surface area contributed by atoms with Crippen molar-refractivity contribution < 1.29 is 14.3 Å². The van der Waals surface area contributed by atoms with Crippen LogP contribution in [0.3, 0.4) is 0 Å². The Balaban J connectivity index is 2.02. The predicted octanol–water partition coefficient (Wildman–Crippen LogP) is 4.27. The predicted molar refractivity (Wildman–Crippen MR) is 82.1 cm³/mol. The Morgan fingerprint density at radius 3 is 2.76 bits per heavy atom. The van der Waals surface area contributed by atoms with Gasteiger partial charge in [-0.3, -0.25) is 4.79 Å². The molecule has 0 aromatic heterocycles. The van der Waals surface area contributed by atoms with E-state index in [0.717, 1.165) is 11.1 Å². The number of allylic oxidation sites excluding steroid dienone is 1. The Hall–Kier alpha value is -2.26. The van der Waals surface area contributed by atoms with Crippen LogP contribution in [0.1, 0.15) is 21.5 Å². The molecule has 0 saturated carbocycles. The third-order valence-electron chi connectivity index (χ3n) is 3.40. The van der Waals surface area contributed by atoms with Crippen molar-refractivity contribution in [1.29, 1.82) is 0 Å². The molecular formula is C17H13ClO3. The average Bonchev–Trinajstić information content (AvgIpc) is 2.77. The van der Waals surface area contributed by atoms with Gasteiger partial charge in [-0.15, -0.1) is 0 Å². The van der Waals surface area contributed by atoms with Crippen molar-refractivity contribution in [1.82, 2.24) is 0 Å². The zero-order valence-corrected chi connectivity index (χ0v) is 12.4. The van der Waals surface area contributed by atoms with Crippen LogP contribution < -0.4 is 9.47 Å². The molecule has 0 fully saturated rings. The summed E-state index contributed by atoms with van der Waals surface area (Å²) in [5.74, 6) is 1.43. The molecule has 0 bridgehead atoms. The van der Waals surface area contributed by atoms with E-state index in [0.29, 0.717) is 27.8 Å². The Morgan fingerprint density at radius 2 is 2.05 bits per heavy atom. The van der Waals surface area contributed by atoms with Gasteiger partial charge in [-0.25, -0.2) is 0 Å². The zero-order chi connectivity index (χ0) is 15.0. The van der Waals surface area contributed by atoms with Gasteiger partial charge < -0.3 is 9.47 Å². The Morgan fingerprint density at radius 1 is 1.24 bits per heavy atom. The second kappa shape index (κ2) is 5.26. The number of carbonyl (C=O) groups is 1. The fourth-order valence-electron chi connectivity index (χ4n) is 2.34. The number of carbonyl (C=O) groups excluding carboxylic acids is 1. The van der Waals surface area contributed by atoms with Crippen molar-refractivity contribution in [3.63, 3.8) is 0 Å². The van der Waals surface area contributed by atoms with Crippen LogP contribution in [0.4, 0.5) is 0 Å². The summed E-state index contributed by atoms with van der Waals surface area (Å²) in [6.07, 6.45) is 1.69. The summed E-state index contributed by atoms with van der Waals surface area (Å²) >= 11 is 5.95. The number of ether oxygens (including phenoxy) is 2. The third-order valence-corrected chi connectivity index (χ3v) is 3.64. The monoisotopic (exact) mass is 300 g/mol. The zero-order valence-electron chi connectivity index (χ0n) is 11.6. The second-order valence-corrected chi connectivity index (χ2v) is 5.20. The number of fused-ring (bicyclic) bond motifs is 1. The number of hydrogen-bond donors (Lipinski definition) is 0. The van der Waals surface area contributed by atoms with E-state index < -0.39 is 0 Å². The molecule has 0 spiro atoms. The molecule has 3 rings (SSSR count). The number of benzene rings is 2. The van der Waals surface area contributed by atoms with Gasteiger partial charge in [-0.1, -0.05) is 23.7 Å². The summed E-state index contributed by atoms with van der Waals surface area (Å²) in [5, 5.41) is 0.616. The van der Waals surface area contributed by atoms with Crippen LogP contribution in [-0.4, -0.2) is 12.9 Å². The summed E-state index contributed by atoms with van der Waals surface area (Å²) in [6.45, 7) is 1.87. The molecule has 0 amide bonds. The Labute approximate surface area is 127 Å². The van der Waals surface area contributed by atoms with E-state index in [4.69, 9.17) is 21.1 Å². The van der Waals surface area contributed by atoms with Crippen molar-refractivity contribution in [2.45, 2.75) is 6.92 Å². The highest BCUT2D eigenvalue weighted by atomic mass is 35.5. The summed E-state index contributed by atoms with van der Waals surface area (Å²) < 4.78 is 11.0. The van der Waals surface area contributed by atoms with Gasteiger partial charge in [0.05, 0.1) is 12.7 Å². The van der Waals surface area contributed by atoms with Gasteiger partial charge >= 0.3 is 0 Å². The quantitative estimate of drug-likeness (QED) is 0.777. The highest BCUT2D eigenvalue weighted by Crippen LogP contribution is 2.39. The van der Waals surface area contributed by atoms with Gasteiger partial charge in [0, 0.05) is 10.6 Å². The van der Waals surface area contributed by atoms with Crippen LogP contribution >= 0.6 is 11.6 Å². The van der Waals surface area contributed by atoms with E-state index in [9.17, 15) is 4.79 Å². The van der Waals surface area contributed by atoms with Crippen molar-refractivity contribution in [2.24, 2.45) is 0 Å². The highest BCUT2D eigenvalue weighted by Gasteiger charge is 2.29. The van der Waals surface area contributed by atoms with Crippen LogP contribution in [-0.2, 0) is 0 Å². The van der Waals surface area contributed by atoms with Gasteiger partial charge in [-0.05, 0) is 42.8 Å². The molecule has 2 aromatic carbocycles. The molecule has 0 atom stereocenters. The largest absolute Gasteiger partial charge is 0.496 e. The maximum atomic E-state index is 12.4. The average molecular weight is 301 g/mol. The molecule has 3 nitrogen and oxygen atoms in total. The van der Waals surface area contributed by atoms with E-state index in [1.807, 2.05) is 19.1 Å². The normalized spacial score (nSPS) is 15.0. The molecule has 4 heteroatoms. The molecular weight excluding hydrogens is 288 g/mol. The number of halogens is 1. The van der Waals surface area contributed by atoms with E-state index in [-0.39, 0.29) is 5.78 Å². The minimum atomic E-state index is -0.129. The van der Waals surface area contributed by atoms with Crippen LogP contribution in [0, 0.1) is 6.92 Å². The topological polar surface area (TPSA) is 35.5 Å². The first-order valence-corrected chi connectivity index (χ1v) is 6.85. The van der Waals surface area contributed by atoms with E-state index in [1.54, 1.807) is 37.5 Å². The molecule has 0 unspecified atom stereocenters. The first-order valence-electron chi connectivity index (χ1n) is 6.47. The van der Waals surface area contributed by atoms with E-state index in [2.05, 4.69) is 0 Å². The first kappa shape index (κ1) is 13.7. The van der Waals surface area contributed by atoms with Gasteiger partial charge in [0.2, 0.25) is 5.78 Å². The van der Waals surface area contributed by atoms with E-state index in [1.165, 1.54) is 0 Å². The second-order valence-electron chi connectivity index (χ2n) is 4.76. The molecule has 21 heavy (non-hydrogen) atoms. The Kier molecular flexibility index (Phi) is 3.43. The summed E-state index contributed by atoms with van der Waals surface area (Å²) in [6, 6.07) is 10.8. The SMILES string of the molecule is COc1ccc2c(c1C)O/C(=C\c1cccc(Cl)c1)C2=O. The number of hydrogen-bond acceptors (Lipinski definition) is 3. The van der Waals surface area contributed by atoms with Gasteiger partial charge in [-0.2, -0.15) is 0 Å². The number of rotatable bonds is 2. The number of ketones is 1. The number of Topliss-reactive ketones (excluding diaryl/α,β-unsaturated/α-hetero) is 1.